The van der Waals surface area contributed by atoms with Gasteiger partial charge in [-0.3, -0.25) is 9.36 Å². The van der Waals surface area contributed by atoms with E-state index >= 15 is 0 Å². The van der Waals surface area contributed by atoms with Crippen molar-refractivity contribution in [2.24, 2.45) is 17.1 Å². The molecule has 1 saturated heterocycles. The molecule has 2 aromatic rings. The van der Waals surface area contributed by atoms with Crippen molar-refractivity contribution in [3.63, 3.8) is 0 Å². The highest BCUT2D eigenvalue weighted by atomic mass is 31.2. The second kappa shape index (κ2) is 13.2. The number of anilines is 1. The lowest BCUT2D eigenvalue weighted by Gasteiger charge is -2.36. The number of aromatic nitrogens is 2. The van der Waals surface area contributed by atoms with E-state index in [1.165, 1.54) is 0 Å². The van der Waals surface area contributed by atoms with Crippen LogP contribution in [-0.4, -0.2) is 67.5 Å². The quantitative estimate of drug-likeness (QED) is 0.371. The molecule has 1 amide bonds. The molecule has 3 N–H and O–H groups in total. The first-order chi connectivity index (χ1) is 18.0. The maximum absolute atomic E-state index is 13.8. The molecule has 1 aliphatic heterocycles. The largest absolute Gasteiger partial charge is 0.494 e. The Hall–Kier alpha value is -2.26. The first-order valence-electron chi connectivity index (χ1n) is 13.5. The second-order valence-electron chi connectivity index (χ2n) is 10.8. The van der Waals surface area contributed by atoms with Crippen molar-refractivity contribution in [3.8, 4) is 5.75 Å². The summed E-state index contributed by atoms with van der Waals surface area (Å²) in [6, 6.07) is 5.18. The highest BCUT2D eigenvalue weighted by Gasteiger charge is 2.39. The van der Waals surface area contributed by atoms with E-state index in [2.05, 4.69) is 20.2 Å². The summed E-state index contributed by atoms with van der Waals surface area (Å²) in [6.07, 6.45) is 3.97. The summed E-state index contributed by atoms with van der Waals surface area (Å²) in [6.45, 7) is 11.7. The lowest BCUT2D eigenvalue weighted by atomic mass is 9.87. The fourth-order valence-corrected chi connectivity index (χ4v) is 6.97. The summed E-state index contributed by atoms with van der Waals surface area (Å²) in [5, 5.41) is 3.89. The molecule has 10 nitrogen and oxygen atoms in total. The highest BCUT2D eigenvalue weighted by Crippen LogP contribution is 2.55. The van der Waals surface area contributed by atoms with Crippen LogP contribution in [0.25, 0.3) is 10.9 Å². The highest BCUT2D eigenvalue weighted by molar-refractivity contribution is 7.54. The summed E-state index contributed by atoms with van der Waals surface area (Å²) in [5.41, 5.74) is 6.10. The SMILES string of the molecule is CCOP(=O)(OCC)C(CNC(=O)[C@@H](N)C(C)(C)C)CC1CCN(c2ncnc3c(OC)cccc23)CC1. The van der Waals surface area contributed by atoms with Crippen molar-refractivity contribution in [1.82, 2.24) is 15.3 Å². The van der Waals surface area contributed by atoms with E-state index in [0.717, 1.165) is 48.4 Å². The van der Waals surface area contributed by atoms with Crippen LogP contribution in [-0.2, 0) is 18.4 Å². The van der Waals surface area contributed by atoms with Gasteiger partial charge in [-0.05, 0) is 56.6 Å². The zero-order valence-corrected chi connectivity index (χ0v) is 24.5. The number of piperidine rings is 1. The Morgan fingerprint density at radius 3 is 2.42 bits per heavy atom. The Kier molecular flexibility index (Phi) is 10.5. The molecule has 0 spiro atoms. The number of nitrogens with two attached hydrogens (primary N) is 1. The molecule has 1 unspecified atom stereocenters. The molecule has 1 aromatic carbocycles. The maximum atomic E-state index is 13.8. The molecule has 11 heteroatoms. The molecule has 0 aliphatic carbocycles. The van der Waals surface area contributed by atoms with Crippen molar-refractivity contribution in [2.45, 2.75) is 65.6 Å². The monoisotopic (exact) mass is 549 g/mol. The number of ether oxygens (including phenoxy) is 1. The number of nitrogens with zero attached hydrogens (tertiary/aromatic N) is 3. The molecule has 0 bridgehead atoms. The Labute approximate surface area is 226 Å². The van der Waals surface area contributed by atoms with Crippen LogP contribution in [0.2, 0.25) is 0 Å². The van der Waals surface area contributed by atoms with Crippen LogP contribution in [0.3, 0.4) is 0 Å². The van der Waals surface area contributed by atoms with E-state index in [-0.39, 0.29) is 31.1 Å². The molecule has 212 valence electrons. The summed E-state index contributed by atoms with van der Waals surface area (Å²) < 4.78 is 30.7. The van der Waals surface area contributed by atoms with E-state index in [1.54, 1.807) is 27.3 Å². The van der Waals surface area contributed by atoms with Gasteiger partial charge in [0, 0.05) is 25.0 Å². The van der Waals surface area contributed by atoms with E-state index in [0.29, 0.717) is 12.3 Å². The van der Waals surface area contributed by atoms with Crippen LogP contribution in [0.4, 0.5) is 5.82 Å². The molecule has 0 saturated carbocycles. The van der Waals surface area contributed by atoms with Gasteiger partial charge in [0.2, 0.25) is 5.91 Å². The number of para-hydroxylation sites is 1. The van der Waals surface area contributed by atoms with Crippen LogP contribution in [0, 0.1) is 11.3 Å². The Bertz CT molecular complexity index is 1110. The van der Waals surface area contributed by atoms with Gasteiger partial charge >= 0.3 is 7.60 Å². The number of amides is 1. The fraction of sp³-hybridized carbons (Fsp3) is 0.667. The summed E-state index contributed by atoms with van der Waals surface area (Å²) >= 11 is 0. The topological polar surface area (TPSA) is 129 Å². The van der Waals surface area contributed by atoms with E-state index in [9.17, 15) is 9.36 Å². The number of carbonyl (C=O) groups is 1. The second-order valence-corrected chi connectivity index (χ2v) is 13.2. The van der Waals surface area contributed by atoms with Crippen molar-refractivity contribution in [3.05, 3.63) is 24.5 Å². The minimum absolute atomic E-state index is 0.191. The summed E-state index contributed by atoms with van der Waals surface area (Å²) in [7, 11) is -1.80. The van der Waals surface area contributed by atoms with Crippen LogP contribution in [0.15, 0.2) is 24.5 Å². The molecule has 2 heterocycles. The van der Waals surface area contributed by atoms with Gasteiger partial charge in [0.1, 0.15) is 23.4 Å². The van der Waals surface area contributed by atoms with Gasteiger partial charge < -0.3 is 29.7 Å². The molecular formula is C27H44N5O5P. The minimum Gasteiger partial charge on any atom is -0.494 e. The Balaban J connectivity index is 1.72. The van der Waals surface area contributed by atoms with Crippen LogP contribution < -0.4 is 20.7 Å². The molecule has 1 aliphatic rings. The third-order valence-corrected chi connectivity index (χ3v) is 9.66. The first-order valence-corrected chi connectivity index (χ1v) is 15.1. The number of rotatable bonds is 12. The van der Waals surface area contributed by atoms with E-state index in [1.807, 2.05) is 39.0 Å². The molecule has 0 radical (unpaired) electrons. The smallest absolute Gasteiger partial charge is 0.335 e. The third kappa shape index (κ3) is 7.23. The molecule has 2 atom stereocenters. The molecule has 38 heavy (non-hydrogen) atoms. The predicted octanol–water partition coefficient (Wildman–Crippen LogP) is 4.37. The van der Waals surface area contributed by atoms with E-state index < -0.39 is 19.3 Å². The van der Waals surface area contributed by atoms with Crippen molar-refractivity contribution in [1.29, 1.82) is 0 Å². The normalized spacial score (nSPS) is 16.9. The van der Waals surface area contributed by atoms with Crippen molar-refractivity contribution in [2.75, 3.05) is 44.9 Å². The van der Waals surface area contributed by atoms with Gasteiger partial charge in [-0.1, -0.05) is 26.8 Å². The average Bonchev–Trinajstić information content (AvgIpc) is 2.89. The van der Waals surface area contributed by atoms with Crippen LogP contribution in [0.5, 0.6) is 5.75 Å². The summed E-state index contributed by atoms with van der Waals surface area (Å²) in [4.78, 5) is 24.0. The number of hydrogen-bond donors (Lipinski definition) is 2. The fourth-order valence-electron chi connectivity index (χ4n) is 4.88. The van der Waals surface area contributed by atoms with Gasteiger partial charge in [-0.25, -0.2) is 9.97 Å². The van der Waals surface area contributed by atoms with Gasteiger partial charge in [0.25, 0.3) is 0 Å². The standard InChI is InChI=1S/C27H44N5O5P/c1-7-36-38(34,37-8-2)20(17-29-26(33)24(28)27(3,4)5)16-19-12-14-32(15-13-19)25-21-10-9-11-22(35-6)23(21)30-18-31-25/h9-11,18-20,24H,7-8,12-17,28H2,1-6H3,(H,29,33)/t20?,24-/m1/s1. The minimum atomic E-state index is -3.44. The molecular weight excluding hydrogens is 505 g/mol. The number of carbonyl (C=O) groups excluding carboxylic acids is 1. The number of fused-ring (bicyclic) bond motifs is 1. The van der Waals surface area contributed by atoms with Crippen LogP contribution >= 0.6 is 7.60 Å². The zero-order valence-electron chi connectivity index (χ0n) is 23.6. The van der Waals surface area contributed by atoms with Crippen LogP contribution in [0.1, 0.15) is 53.9 Å². The number of hydrogen-bond acceptors (Lipinski definition) is 9. The lowest BCUT2D eigenvalue weighted by Crippen LogP contribution is -2.50. The number of methoxy groups -OCH3 is 1. The number of benzene rings is 1. The molecule has 1 aromatic heterocycles. The van der Waals surface area contributed by atoms with Crippen molar-refractivity contribution >= 4 is 30.2 Å². The van der Waals surface area contributed by atoms with Gasteiger partial charge in [-0.15, -0.1) is 0 Å². The Morgan fingerprint density at radius 1 is 1.18 bits per heavy atom. The average molecular weight is 550 g/mol. The lowest BCUT2D eigenvalue weighted by molar-refractivity contribution is -0.124. The van der Waals surface area contributed by atoms with Gasteiger partial charge in [0.15, 0.2) is 0 Å². The first kappa shape index (κ1) is 30.3. The van der Waals surface area contributed by atoms with Gasteiger partial charge in [-0.2, -0.15) is 0 Å². The van der Waals surface area contributed by atoms with E-state index in [4.69, 9.17) is 19.5 Å². The Morgan fingerprint density at radius 2 is 1.84 bits per heavy atom. The van der Waals surface area contributed by atoms with Crippen molar-refractivity contribution < 1.29 is 23.1 Å². The number of nitrogens with one attached hydrogen (secondary N) is 1. The third-order valence-electron chi connectivity index (χ3n) is 7.14. The molecule has 3 rings (SSSR count). The maximum Gasteiger partial charge on any atom is 0.335 e. The summed E-state index contributed by atoms with van der Waals surface area (Å²) in [5.74, 6) is 1.64. The predicted molar refractivity (Wildman–Crippen MR) is 151 cm³/mol. The molecule has 1 fully saturated rings. The van der Waals surface area contributed by atoms with Gasteiger partial charge in [0.05, 0.1) is 32.0 Å². The zero-order chi connectivity index (χ0) is 27.9.